The first-order chi connectivity index (χ1) is 17.2. The smallest absolute Gasteiger partial charge is 0.303 e. The molecule has 1 heterocycles. The maximum absolute atomic E-state index is 13.7. The number of aliphatic carboxylic acids is 1. The zero-order valence-corrected chi connectivity index (χ0v) is 21.2. The Kier molecular flexibility index (Phi) is 7.48. The molecule has 0 bridgehead atoms. The number of carboxylic acid groups (broad SMARTS) is 1. The second-order valence-corrected chi connectivity index (χ2v) is 10.3. The number of benzene rings is 2. The summed E-state index contributed by atoms with van der Waals surface area (Å²) < 4.78 is 5.95. The quantitative estimate of drug-likeness (QED) is 0.449. The number of ketones is 1. The molecule has 1 atom stereocenters. The summed E-state index contributed by atoms with van der Waals surface area (Å²) in [5.41, 5.74) is 3.23. The second kappa shape index (κ2) is 10.6. The van der Waals surface area contributed by atoms with Crippen molar-refractivity contribution < 1.29 is 24.2 Å². The van der Waals surface area contributed by atoms with E-state index >= 15 is 0 Å². The van der Waals surface area contributed by atoms with Crippen LogP contribution in [-0.2, 0) is 14.4 Å². The number of nitrogens with zero attached hydrogens (tertiary/aromatic N) is 1. The average Bonchev–Trinajstić information content (AvgIpc) is 2.96. The van der Waals surface area contributed by atoms with Gasteiger partial charge in [0, 0.05) is 24.1 Å². The molecule has 1 aliphatic carbocycles. The molecule has 7 heteroatoms. The van der Waals surface area contributed by atoms with E-state index in [2.05, 4.69) is 26.1 Å². The van der Waals surface area contributed by atoms with E-state index in [-0.39, 0.29) is 29.9 Å². The summed E-state index contributed by atoms with van der Waals surface area (Å²) in [7, 11) is 0. The number of carboxylic acids is 1. The van der Waals surface area contributed by atoms with Gasteiger partial charge in [0.1, 0.15) is 5.75 Å². The van der Waals surface area contributed by atoms with Crippen LogP contribution in [0.15, 0.2) is 59.8 Å². The highest BCUT2D eigenvalue weighted by Gasteiger charge is 2.43. The van der Waals surface area contributed by atoms with Crippen molar-refractivity contribution in [1.82, 2.24) is 0 Å². The topological polar surface area (TPSA) is 95.9 Å². The fraction of sp³-hybridized carbons (Fsp3) is 0.414. The number of fused-ring (bicyclic) bond motifs is 1. The Morgan fingerprint density at radius 1 is 1.11 bits per heavy atom. The molecule has 190 valence electrons. The Bertz CT molecular complexity index is 1200. The highest BCUT2D eigenvalue weighted by atomic mass is 16.5. The number of carbonyl (C=O) groups is 3. The van der Waals surface area contributed by atoms with Gasteiger partial charge in [-0.3, -0.25) is 19.3 Å². The Balaban J connectivity index is 1.89. The number of nitrogens with one attached hydrogen (secondary N) is 1. The number of hydrogen-bond acceptors (Lipinski definition) is 5. The molecule has 1 amide bonds. The molecule has 36 heavy (non-hydrogen) atoms. The van der Waals surface area contributed by atoms with Crippen molar-refractivity contribution in [3.8, 4) is 5.75 Å². The monoisotopic (exact) mass is 490 g/mol. The first-order valence-electron chi connectivity index (χ1n) is 12.6. The van der Waals surface area contributed by atoms with Crippen LogP contribution in [-0.4, -0.2) is 29.4 Å². The van der Waals surface area contributed by atoms with E-state index in [0.717, 1.165) is 29.8 Å². The predicted molar refractivity (Wildman–Crippen MR) is 139 cm³/mol. The van der Waals surface area contributed by atoms with E-state index in [9.17, 15) is 19.5 Å². The molecular weight excluding hydrogens is 456 g/mol. The van der Waals surface area contributed by atoms with E-state index in [1.54, 1.807) is 4.90 Å². The van der Waals surface area contributed by atoms with Gasteiger partial charge >= 0.3 is 5.97 Å². The maximum Gasteiger partial charge on any atom is 0.303 e. The number of hydrogen-bond donors (Lipinski definition) is 2. The number of para-hydroxylation sites is 2. The fourth-order valence-electron chi connectivity index (χ4n) is 5.02. The summed E-state index contributed by atoms with van der Waals surface area (Å²) in [5.74, 6) is -0.724. The van der Waals surface area contributed by atoms with Crippen molar-refractivity contribution in [3.05, 3.63) is 65.4 Å². The van der Waals surface area contributed by atoms with Crippen molar-refractivity contribution >= 4 is 29.0 Å². The molecule has 0 aromatic heterocycles. The first-order valence-corrected chi connectivity index (χ1v) is 12.6. The number of amides is 1. The molecule has 2 aromatic carbocycles. The van der Waals surface area contributed by atoms with E-state index in [1.165, 1.54) is 0 Å². The third-order valence-electron chi connectivity index (χ3n) is 6.66. The van der Waals surface area contributed by atoms with Gasteiger partial charge in [-0.25, -0.2) is 0 Å². The van der Waals surface area contributed by atoms with Gasteiger partial charge < -0.3 is 15.2 Å². The maximum atomic E-state index is 13.7. The standard InChI is InChI=1S/C29H34N2O5/c1-4-5-15-36-20-10-8-9-19(16-20)28-27-22(17-29(2,3)18-24(27)32)30-21-11-6-7-12-23(21)31(28)25(33)13-14-26(34)35/h6-12,16,28,30H,4-5,13-15,17-18H2,1-3H3,(H,34,35)/t28-/m0/s1. The Morgan fingerprint density at radius 2 is 1.89 bits per heavy atom. The van der Waals surface area contributed by atoms with Crippen molar-refractivity contribution in [2.75, 3.05) is 16.8 Å². The normalized spacial score (nSPS) is 18.6. The molecular formula is C29H34N2O5. The Hall–Kier alpha value is -3.61. The number of rotatable bonds is 8. The summed E-state index contributed by atoms with van der Waals surface area (Å²) >= 11 is 0. The minimum Gasteiger partial charge on any atom is -0.494 e. The molecule has 2 aromatic rings. The molecule has 2 N–H and O–H groups in total. The number of allylic oxidation sites excluding steroid dienone is 1. The van der Waals surface area contributed by atoms with Crippen LogP contribution in [0.25, 0.3) is 0 Å². The number of Topliss-reactive ketones (excluding diaryl/α,β-unsaturated/α-hetero) is 1. The third kappa shape index (κ3) is 5.45. The largest absolute Gasteiger partial charge is 0.494 e. The molecule has 0 fully saturated rings. The Morgan fingerprint density at radius 3 is 2.64 bits per heavy atom. The van der Waals surface area contributed by atoms with E-state index in [4.69, 9.17) is 4.74 Å². The van der Waals surface area contributed by atoms with Crippen molar-refractivity contribution in [3.63, 3.8) is 0 Å². The van der Waals surface area contributed by atoms with E-state index in [1.807, 2.05) is 48.5 Å². The van der Waals surface area contributed by atoms with Gasteiger partial charge in [0.05, 0.1) is 30.4 Å². The summed E-state index contributed by atoms with van der Waals surface area (Å²) in [6.07, 6.45) is 2.50. The highest BCUT2D eigenvalue weighted by molar-refractivity contribution is 6.06. The van der Waals surface area contributed by atoms with Gasteiger partial charge in [-0.05, 0) is 48.1 Å². The van der Waals surface area contributed by atoms with Crippen LogP contribution in [0.4, 0.5) is 11.4 Å². The first kappa shape index (κ1) is 25.5. The lowest BCUT2D eigenvalue weighted by atomic mass is 9.73. The Labute approximate surface area is 212 Å². The van der Waals surface area contributed by atoms with Crippen LogP contribution in [0.1, 0.15) is 70.9 Å². The molecule has 0 saturated heterocycles. The molecule has 0 spiro atoms. The molecule has 7 nitrogen and oxygen atoms in total. The lowest BCUT2D eigenvalue weighted by Crippen LogP contribution is -2.39. The second-order valence-electron chi connectivity index (χ2n) is 10.3. The molecule has 0 unspecified atom stereocenters. The van der Waals surface area contributed by atoms with Crippen LogP contribution in [0, 0.1) is 5.41 Å². The van der Waals surface area contributed by atoms with Crippen LogP contribution in [0.5, 0.6) is 5.75 Å². The van der Waals surface area contributed by atoms with Crippen LogP contribution < -0.4 is 15.0 Å². The molecule has 2 aliphatic rings. The molecule has 1 aliphatic heterocycles. The van der Waals surface area contributed by atoms with E-state index < -0.39 is 12.0 Å². The summed E-state index contributed by atoms with van der Waals surface area (Å²) in [5, 5.41) is 12.7. The van der Waals surface area contributed by atoms with Crippen LogP contribution in [0.2, 0.25) is 0 Å². The fourth-order valence-corrected chi connectivity index (χ4v) is 5.02. The van der Waals surface area contributed by atoms with Crippen molar-refractivity contribution in [2.45, 2.75) is 65.3 Å². The highest BCUT2D eigenvalue weighted by Crippen LogP contribution is 2.48. The lowest BCUT2D eigenvalue weighted by Gasteiger charge is -2.37. The van der Waals surface area contributed by atoms with Crippen LogP contribution in [0.3, 0.4) is 0 Å². The lowest BCUT2D eigenvalue weighted by molar-refractivity contribution is -0.138. The van der Waals surface area contributed by atoms with Gasteiger partial charge in [0.2, 0.25) is 5.91 Å². The van der Waals surface area contributed by atoms with E-state index in [0.29, 0.717) is 36.5 Å². The zero-order chi connectivity index (χ0) is 25.9. The van der Waals surface area contributed by atoms with Gasteiger partial charge in [-0.1, -0.05) is 51.5 Å². The number of ether oxygens (including phenoxy) is 1. The molecule has 4 rings (SSSR count). The van der Waals surface area contributed by atoms with Gasteiger partial charge in [-0.15, -0.1) is 0 Å². The minimum absolute atomic E-state index is 0.0140. The molecule has 0 saturated carbocycles. The number of unbranched alkanes of at least 4 members (excludes halogenated alkanes) is 1. The zero-order valence-electron chi connectivity index (χ0n) is 21.2. The van der Waals surface area contributed by atoms with Gasteiger partial charge in [0.25, 0.3) is 0 Å². The van der Waals surface area contributed by atoms with Crippen molar-refractivity contribution in [1.29, 1.82) is 0 Å². The van der Waals surface area contributed by atoms with Crippen LogP contribution >= 0.6 is 0 Å². The summed E-state index contributed by atoms with van der Waals surface area (Å²) in [6.45, 7) is 6.82. The van der Waals surface area contributed by atoms with Gasteiger partial charge in [-0.2, -0.15) is 0 Å². The summed E-state index contributed by atoms with van der Waals surface area (Å²) in [6, 6.07) is 14.3. The average molecular weight is 491 g/mol. The molecule has 0 radical (unpaired) electrons. The van der Waals surface area contributed by atoms with Crippen molar-refractivity contribution in [2.24, 2.45) is 5.41 Å². The predicted octanol–water partition coefficient (Wildman–Crippen LogP) is 5.87. The number of carbonyl (C=O) groups excluding carboxylic acids is 2. The summed E-state index contributed by atoms with van der Waals surface area (Å²) in [4.78, 5) is 40.3. The minimum atomic E-state index is -1.04. The third-order valence-corrected chi connectivity index (χ3v) is 6.66. The number of anilines is 2. The van der Waals surface area contributed by atoms with Gasteiger partial charge in [0.15, 0.2) is 5.78 Å². The SMILES string of the molecule is CCCCOc1cccc([C@H]2C3=C(CC(C)(C)CC3=O)Nc3ccccc3N2C(=O)CCC(=O)O)c1.